The number of methoxy groups -OCH3 is 1. The smallest absolute Gasteiger partial charge is 0.262 e. The van der Waals surface area contributed by atoms with Crippen LogP contribution in [-0.2, 0) is 10.0 Å². The quantitative estimate of drug-likeness (QED) is 0.883. The fraction of sp³-hybridized carbons (Fsp3) is 0.0833. The molecule has 2 rings (SSSR count). The lowest BCUT2D eigenvalue weighted by molar-refractivity contribution is 0.414. The maximum atomic E-state index is 12.1. The second kappa shape index (κ2) is 5.15. The molecule has 0 spiro atoms. The van der Waals surface area contributed by atoms with Gasteiger partial charge in [-0.25, -0.2) is 13.4 Å². The number of nitrogens with one attached hydrogen (secondary N) is 1. The standard InChI is InChI=1S/C12H13N3O3S/c1-18-9-4-6-10(7-5-9)19(16,17)15-11-3-2-8-14-12(11)13/h2-8,15H,1H3,(H2,13,14). The number of benzene rings is 1. The van der Waals surface area contributed by atoms with Gasteiger partial charge in [-0.2, -0.15) is 0 Å². The zero-order valence-electron chi connectivity index (χ0n) is 10.2. The second-order valence-corrected chi connectivity index (χ2v) is 5.40. The molecule has 0 aliphatic heterocycles. The molecule has 1 aromatic carbocycles. The van der Waals surface area contributed by atoms with Gasteiger partial charge >= 0.3 is 0 Å². The number of rotatable bonds is 4. The third-order valence-corrected chi connectivity index (χ3v) is 3.83. The Morgan fingerprint density at radius 2 is 1.89 bits per heavy atom. The van der Waals surface area contributed by atoms with Crippen molar-refractivity contribution in [3.05, 3.63) is 42.6 Å². The zero-order valence-corrected chi connectivity index (χ0v) is 11.0. The van der Waals surface area contributed by atoms with E-state index in [9.17, 15) is 8.42 Å². The van der Waals surface area contributed by atoms with Crippen LogP contribution in [0.15, 0.2) is 47.5 Å². The van der Waals surface area contributed by atoms with Crippen LogP contribution in [0.25, 0.3) is 0 Å². The largest absolute Gasteiger partial charge is 0.497 e. The molecule has 0 aliphatic rings. The van der Waals surface area contributed by atoms with E-state index in [0.29, 0.717) is 5.75 Å². The average Bonchev–Trinajstić information content (AvgIpc) is 2.41. The number of sulfonamides is 1. The normalized spacial score (nSPS) is 11.0. The predicted molar refractivity (Wildman–Crippen MR) is 72.5 cm³/mol. The first kappa shape index (κ1) is 13.2. The summed E-state index contributed by atoms with van der Waals surface area (Å²) in [6.07, 6.45) is 1.49. The molecule has 1 aromatic heterocycles. The molecule has 0 radical (unpaired) electrons. The number of anilines is 2. The van der Waals surface area contributed by atoms with Crippen molar-refractivity contribution < 1.29 is 13.2 Å². The van der Waals surface area contributed by atoms with E-state index >= 15 is 0 Å². The summed E-state index contributed by atoms with van der Waals surface area (Å²) < 4.78 is 31.6. The molecule has 19 heavy (non-hydrogen) atoms. The van der Waals surface area contributed by atoms with Gasteiger partial charge < -0.3 is 10.5 Å². The first-order valence-corrected chi connectivity index (χ1v) is 6.88. The predicted octanol–water partition coefficient (Wildman–Crippen LogP) is 1.47. The van der Waals surface area contributed by atoms with Gasteiger partial charge in [0.15, 0.2) is 0 Å². The Hall–Kier alpha value is -2.28. The lowest BCUT2D eigenvalue weighted by Crippen LogP contribution is -2.14. The highest BCUT2D eigenvalue weighted by atomic mass is 32.2. The van der Waals surface area contributed by atoms with E-state index in [2.05, 4.69) is 9.71 Å². The zero-order chi connectivity index (χ0) is 13.9. The topological polar surface area (TPSA) is 94.3 Å². The van der Waals surface area contributed by atoms with Crippen LogP contribution < -0.4 is 15.2 Å². The summed E-state index contributed by atoms with van der Waals surface area (Å²) in [6.45, 7) is 0. The van der Waals surface area contributed by atoms with Crippen LogP contribution in [-0.4, -0.2) is 20.5 Å². The van der Waals surface area contributed by atoms with E-state index in [1.165, 1.54) is 25.4 Å². The summed E-state index contributed by atoms with van der Waals surface area (Å²) in [4.78, 5) is 3.94. The Morgan fingerprint density at radius 3 is 2.47 bits per heavy atom. The second-order valence-electron chi connectivity index (χ2n) is 3.72. The van der Waals surface area contributed by atoms with Gasteiger partial charge in [0.1, 0.15) is 11.6 Å². The van der Waals surface area contributed by atoms with E-state index in [4.69, 9.17) is 10.5 Å². The minimum Gasteiger partial charge on any atom is -0.497 e. The van der Waals surface area contributed by atoms with E-state index in [1.807, 2.05) is 0 Å². The highest BCUT2D eigenvalue weighted by Gasteiger charge is 2.15. The Bertz CT molecular complexity index is 669. The van der Waals surface area contributed by atoms with Crippen molar-refractivity contribution in [3.63, 3.8) is 0 Å². The van der Waals surface area contributed by atoms with E-state index in [1.54, 1.807) is 24.3 Å². The number of aromatic nitrogens is 1. The van der Waals surface area contributed by atoms with Crippen molar-refractivity contribution >= 4 is 21.5 Å². The summed E-state index contributed by atoms with van der Waals surface area (Å²) >= 11 is 0. The molecule has 2 aromatic rings. The van der Waals surface area contributed by atoms with Crippen LogP contribution in [0.4, 0.5) is 11.5 Å². The minimum atomic E-state index is -3.69. The first-order valence-electron chi connectivity index (χ1n) is 5.40. The number of ether oxygens (including phenoxy) is 1. The number of nitrogens with two attached hydrogens (primary N) is 1. The fourth-order valence-corrected chi connectivity index (χ4v) is 2.54. The van der Waals surface area contributed by atoms with Crippen LogP contribution in [0.1, 0.15) is 0 Å². The molecule has 0 atom stereocenters. The van der Waals surface area contributed by atoms with Crippen molar-refractivity contribution in [1.29, 1.82) is 0 Å². The van der Waals surface area contributed by atoms with Crippen LogP contribution in [0.3, 0.4) is 0 Å². The molecule has 0 unspecified atom stereocenters. The molecule has 7 heteroatoms. The van der Waals surface area contributed by atoms with Crippen molar-refractivity contribution in [2.24, 2.45) is 0 Å². The van der Waals surface area contributed by atoms with E-state index in [0.717, 1.165) is 0 Å². The van der Waals surface area contributed by atoms with Gasteiger partial charge in [-0.05, 0) is 36.4 Å². The molecular weight excluding hydrogens is 266 g/mol. The summed E-state index contributed by atoms with van der Waals surface area (Å²) in [5.74, 6) is 0.708. The third kappa shape index (κ3) is 2.94. The maximum absolute atomic E-state index is 12.1. The molecule has 100 valence electrons. The first-order chi connectivity index (χ1) is 9.03. The lowest BCUT2D eigenvalue weighted by Gasteiger charge is -2.09. The Balaban J connectivity index is 2.30. The molecule has 0 amide bonds. The maximum Gasteiger partial charge on any atom is 0.262 e. The van der Waals surface area contributed by atoms with Crippen LogP contribution in [0.5, 0.6) is 5.75 Å². The lowest BCUT2D eigenvalue weighted by atomic mass is 10.3. The van der Waals surface area contributed by atoms with Crippen molar-refractivity contribution in [3.8, 4) is 5.75 Å². The van der Waals surface area contributed by atoms with Gasteiger partial charge in [-0.15, -0.1) is 0 Å². The molecular formula is C12H13N3O3S. The minimum absolute atomic E-state index is 0.122. The van der Waals surface area contributed by atoms with E-state index in [-0.39, 0.29) is 16.4 Å². The number of pyridine rings is 1. The average molecular weight is 279 g/mol. The van der Waals surface area contributed by atoms with Crippen LogP contribution >= 0.6 is 0 Å². The fourth-order valence-electron chi connectivity index (χ4n) is 1.46. The summed E-state index contributed by atoms with van der Waals surface area (Å²) in [5, 5.41) is 0. The Labute approximate surface area is 111 Å². The van der Waals surface area contributed by atoms with Gasteiger partial charge in [0.25, 0.3) is 10.0 Å². The van der Waals surface area contributed by atoms with Gasteiger partial charge in [0, 0.05) is 6.20 Å². The molecule has 6 nitrogen and oxygen atoms in total. The van der Waals surface area contributed by atoms with Gasteiger partial charge in [0.2, 0.25) is 0 Å². The summed E-state index contributed by atoms with van der Waals surface area (Å²) in [5.41, 5.74) is 5.84. The molecule has 0 saturated heterocycles. The highest BCUT2D eigenvalue weighted by Crippen LogP contribution is 2.21. The molecule has 0 fully saturated rings. The van der Waals surface area contributed by atoms with E-state index < -0.39 is 10.0 Å². The molecule has 0 aliphatic carbocycles. The Morgan fingerprint density at radius 1 is 1.21 bits per heavy atom. The third-order valence-electron chi connectivity index (χ3n) is 2.45. The van der Waals surface area contributed by atoms with Gasteiger partial charge in [-0.1, -0.05) is 0 Å². The van der Waals surface area contributed by atoms with Crippen LogP contribution in [0, 0.1) is 0 Å². The number of nitrogens with zero attached hydrogens (tertiary/aromatic N) is 1. The SMILES string of the molecule is COc1ccc(S(=O)(=O)Nc2cccnc2N)cc1. The summed E-state index contributed by atoms with van der Waals surface area (Å²) in [7, 11) is -2.17. The monoisotopic (exact) mass is 279 g/mol. The molecule has 0 bridgehead atoms. The van der Waals surface area contributed by atoms with Gasteiger partial charge in [-0.3, -0.25) is 4.72 Å². The summed E-state index contributed by atoms with van der Waals surface area (Å²) in [6, 6.07) is 9.19. The van der Waals surface area contributed by atoms with Crippen molar-refractivity contribution in [2.45, 2.75) is 4.90 Å². The number of hydrogen-bond acceptors (Lipinski definition) is 5. The van der Waals surface area contributed by atoms with Crippen molar-refractivity contribution in [1.82, 2.24) is 4.98 Å². The molecule has 0 saturated carbocycles. The number of hydrogen-bond donors (Lipinski definition) is 2. The van der Waals surface area contributed by atoms with Gasteiger partial charge in [0.05, 0.1) is 17.7 Å². The van der Waals surface area contributed by atoms with Crippen LogP contribution in [0.2, 0.25) is 0 Å². The Kier molecular flexibility index (Phi) is 3.57. The molecule has 1 heterocycles. The number of nitrogen functional groups attached to an aromatic ring is 1. The molecule has 3 N–H and O–H groups in total. The van der Waals surface area contributed by atoms with Crippen molar-refractivity contribution in [2.75, 3.05) is 17.6 Å². The highest BCUT2D eigenvalue weighted by molar-refractivity contribution is 7.92.